The molecule has 0 radical (unpaired) electrons. The number of amides is 1. The van der Waals surface area contributed by atoms with Gasteiger partial charge in [0.05, 0.1) is 4.90 Å². The van der Waals surface area contributed by atoms with Crippen LogP contribution >= 0.6 is 0 Å². The molecule has 3 rings (SSSR count). The number of anilines is 1. The summed E-state index contributed by atoms with van der Waals surface area (Å²) in [7, 11) is -3.46. The maximum Gasteiger partial charge on any atom is 0.243 e. The Hall–Kier alpha value is -1.44. The first-order valence-corrected chi connectivity index (χ1v) is 11.0. The van der Waals surface area contributed by atoms with E-state index in [2.05, 4.69) is 10.2 Å². The number of carbonyl (C=O) groups is 1. The molecular weight excluding hydrogens is 350 g/mol. The van der Waals surface area contributed by atoms with E-state index in [1.54, 1.807) is 28.6 Å². The summed E-state index contributed by atoms with van der Waals surface area (Å²) in [5.74, 6) is 0.429. The molecule has 144 valence electrons. The van der Waals surface area contributed by atoms with E-state index in [0.717, 1.165) is 19.4 Å². The molecule has 0 atom stereocenters. The zero-order chi connectivity index (χ0) is 18.6. The summed E-state index contributed by atoms with van der Waals surface area (Å²) in [6.45, 7) is 6.11. The quantitative estimate of drug-likeness (QED) is 0.853. The van der Waals surface area contributed by atoms with Crippen LogP contribution < -0.4 is 5.32 Å². The molecule has 2 aliphatic rings. The summed E-state index contributed by atoms with van der Waals surface area (Å²) in [5, 5.41) is 2.66. The van der Waals surface area contributed by atoms with Crippen molar-refractivity contribution in [3.05, 3.63) is 24.3 Å². The van der Waals surface area contributed by atoms with E-state index in [0.29, 0.717) is 29.6 Å². The number of piperidine rings is 2. The zero-order valence-electron chi connectivity index (χ0n) is 15.5. The molecule has 2 fully saturated rings. The van der Waals surface area contributed by atoms with Gasteiger partial charge in [-0.3, -0.25) is 4.79 Å². The molecule has 1 N–H and O–H groups in total. The Balaban J connectivity index is 1.56. The number of rotatable bonds is 5. The first-order chi connectivity index (χ1) is 12.4. The highest BCUT2D eigenvalue weighted by Crippen LogP contribution is 2.26. The molecule has 0 saturated carbocycles. The standard InChI is InChI=1S/C19H29N3O3S/c1-16(23)20-18-5-7-19(8-6-18)26(24,25)22-13-9-17(10-14-22)15-21-11-3-2-4-12-21/h5-8,17H,2-4,9-15H2,1H3,(H,20,23). The van der Waals surface area contributed by atoms with Crippen LogP contribution in [0, 0.1) is 5.92 Å². The van der Waals surface area contributed by atoms with Gasteiger partial charge in [0, 0.05) is 32.2 Å². The smallest absolute Gasteiger partial charge is 0.243 e. The van der Waals surface area contributed by atoms with Gasteiger partial charge in [-0.05, 0) is 69.0 Å². The van der Waals surface area contributed by atoms with Gasteiger partial charge in [0.15, 0.2) is 0 Å². The molecular formula is C19H29N3O3S. The lowest BCUT2D eigenvalue weighted by molar-refractivity contribution is -0.114. The van der Waals surface area contributed by atoms with Crippen molar-refractivity contribution >= 4 is 21.6 Å². The van der Waals surface area contributed by atoms with Crippen molar-refractivity contribution in [2.75, 3.05) is 38.0 Å². The average molecular weight is 380 g/mol. The molecule has 26 heavy (non-hydrogen) atoms. The summed E-state index contributed by atoms with van der Waals surface area (Å²) in [6.07, 6.45) is 5.79. The Morgan fingerprint density at radius 3 is 2.23 bits per heavy atom. The lowest BCUT2D eigenvalue weighted by Crippen LogP contribution is -2.42. The van der Waals surface area contributed by atoms with Crippen molar-refractivity contribution in [1.29, 1.82) is 0 Å². The number of hydrogen-bond acceptors (Lipinski definition) is 4. The van der Waals surface area contributed by atoms with Crippen LogP contribution in [0.25, 0.3) is 0 Å². The van der Waals surface area contributed by atoms with Crippen LogP contribution in [-0.4, -0.2) is 56.3 Å². The summed E-state index contributed by atoms with van der Waals surface area (Å²) in [4.78, 5) is 13.9. The van der Waals surface area contributed by atoms with Crippen molar-refractivity contribution in [2.45, 2.75) is 43.9 Å². The number of benzene rings is 1. The van der Waals surface area contributed by atoms with Crippen LogP contribution in [0.4, 0.5) is 5.69 Å². The predicted molar refractivity (Wildman–Crippen MR) is 103 cm³/mol. The van der Waals surface area contributed by atoms with E-state index in [1.165, 1.54) is 39.3 Å². The van der Waals surface area contributed by atoms with Crippen LogP contribution in [-0.2, 0) is 14.8 Å². The van der Waals surface area contributed by atoms with E-state index in [4.69, 9.17) is 0 Å². The Labute approximate surface area is 156 Å². The number of nitrogens with zero attached hydrogens (tertiary/aromatic N) is 2. The molecule has 0 aromatic heterocycles. The highest BCUT2D eigenvalue weighted by Gasteiger charge is 2.30. The predicted octanol–water partition coefficient (Wildman–Crippen LogP) is 2.53. The normalized spacial score (nSPS) is 20.8. The Morgan fingerprint density at radius 1 is 1.04 bits per heavy atom. The van der Waals surface area contributed by atoms with E-state index in [1.807, 2.05) is 0 Å². The summed E-state index contributed by atoms with van der Waals surface area (Å²) in [6, 6.07) is 6.41. The molecule has 7 heteroatoms. The third-order valence-electron chi connectivity index (χ3n) is 5.35. The second kappa shape index (κ2) is 8.50. The van der Waals surface area contributed by atoms with Gasteiger partial charge in [-0.25, -0.2) is 8.42 Å². The Morgan fingerprint density at radius 2 is 1.65 bits per heavy atom. The van der Waals surface area contributed by atoms with Crippen molar-refractivity contribution in [3.8, 4) is 0 Å². The molecule has 0 unspecified atom stereocenters. The Bertz CT molecular complexity index is 704. The van der Waals surface area contributed by atoms with Gasteiger partial charge in [-0.2, -0.15) is 4.31 Å². The van der Waals surface area contributed by atoms with Gasteiger partial charge in [-0.1, -0.05) is 6.42 Å². The number of sulfonamides is 1. The van der Waals surface area contributed by atoms with Gasteiger partial charge in [0.1, 0.15) is 0 Å². The summed E-state index contributed by atoms with van der Waals surface area (Å²) in [5.41, 5.74) is 0.608. The monoisotopic (exact) mass is 379 g/mol. The van der Waals surface area contributed by atoms with Crippen LogP contribution in [0.1, 0.15) is 39.0 Å². The third kappa shape index (κ3) is 4.84. The topological polar surface area (TPSA) is 69.7 Å². The number of hydrogen-bond donors (Lipinski definition) is 1. The van der Waals surface area contributed by atoms with E-state index < -0.39 is 10.0 Å². The number of likely N-dealkylation sites (tertiary alicyclic amines) is 1. The fourth-order valence-electron chi connectivity index (χ4n) is 3.90. The average Bonchev–Trinajstić information content (AvgIpc) is 2.63. The molecule has 1 aromatic rings. The largest absolute Gasteiger partial charge is 0.326 e. The van der Waals surface area contributed by atoms with Crippen molar-refractivity contribution in [2.24, 2.45) is 5.92 Å². The van der Waals surface area contributed by atoms with E-state index in [-0.39, 0.29) is 5.91 Å². The molecule has 1 aromatic carbocycles. The highest BCUT2D eigenvalue weighted by atomic mass is 32.2. The minimum absolute atomic E-state index is 0.170. The second-order valence-corrected chi connectivity index (χ2v) is 9.35. The fourth-order valence-corrected chi connectivity index (χ4v) is 5.37. The van der Waals surface area contributed by atoms with Gasteiger partial charge in [0.25, 0.3) is 0 Å². The van der Waals surface area contributed by atoms with Gasteiger partial charge < -0.3 is 10.2 Å². The third-order valence-corrected chi connectivity index (χ3v) is 7.26. The summed E-state index contributed by atoms with van der Waals surface area (Å²) >= 11 is 0. The molecule has 0 spiro atoms. The molecule has 2 heterocycles. The second-order valence-electron chi connectivity index (χ2n) is 7.41. The fraction of sp³-hybridized carbons (Fsp3) is 0.632. The van der Waals surface area contributed by atoms with Crippen molar-refractivity contribution in [1.82, 2.24) is 9.21 Å². The van der Waals surface area contributed by atoms with Gasteiger partial charge in [0.2, 0.25) is 15.9 Å². The number of nitrogens with one attached hydrogen (secondary N) is 1. The Kier molecular flexibility index (Phi) is 6.32. The molecule has 1 amide bonds. The molecule has 2 saturated heterocycles. The lowest BCUT2D eigenvalue weighted by Gasteiger charge is -2.35. The van der Waals surface area contributed by atoms with Crippen molar-refractivity contribution < 1.29 is 13.2 Å². The first kappa shape index (κ1) is 19.3. The van der Waals surface area contributed by atoms with Gasteiger partial charge >= 0.3 is 0 Å². The zero-order valence-corrected chi connectivity index (χ0v) is 16.3. The lowest BCUT2D eigenvalue weighted by atomic mass is 9.96. The highest BCUT2D eigenvalue weighted by molar-refractivity contribution is 7.89. The first-order valence-electron chi connectivity index (χ1n) is 9.55. The number of carbonyl (C=O) groups excluding carboxylic acids is 1. The van der Waals surface area contributed by atoms with Crippen LogP contribution in [0.5, 0.6) is 0 Å². The van der Waals surface area contributed by atoms with Crippen molar-refractivity contribution in [3.63, 3.8) is 0 Å². The minimum Gasteiger partial charge on any atom is -0.326 e. The molecule has 6 nitrogen and oxygen atoms in total. The molecule has 0 bridgehead atoms. The van der Waals surface area contributed by atoms with Crippen LogP contribution in [0.2, 0.25) is 0 Å². The molecule has 2 aliphatic heterocycles. The summed E-state index contributed by atoms with van der Waals surface area (Å²) < 4.78 is 27.3. The van der Waals surface area contributed by atoms with Gasteiger partial charge in [-0.15, -0.1) is 0 Å². The van der Waals surface area contributed by atoms with E-state index in [9.17, 15) is 13.2 Å². The SMILES string of the molecule is CC(=O)Nc1ccc(S(=O)(=O)N2CCC(CN3CCCCC3)CC2)cc1. The van der Waals surface area contributed by atoms with E-state index >= 15 is 0 Å². The van der Waals surface area contributed by atoms with Crippen LogP contribution in [0.15, 0.2) is 29.2 Å². The molecule has 0 aliphatic carbocycles. The maximum atomic E-state index is 12.8. The maximum absolute atomic E-state index is 12.8. The minimum atomic E-state index is -3.46. The van der Waals surface area contributed by atoms with Crippen LogP contribution in [0.3, 0.4) is 0 Å².